The Bertz CT molecular complexity index is 386. The van der Waals surface area contributed by atoms with Crippen molar-refractivity contribution in [3.05, 3.63) is 27.7 Å². The summed E-state index contributed by atoms with van der Waals surface area (Å²) >= 11 is 3.36. The first-order chi connectivity index (χ1) is 7.56. The van der Waals surface area contributed by atoms with Gasteiger partial charge in [0.15, 0.2) is 0 Å². The molecule has 1 N–H and O–H groups in total. The van der Waals surface area contributed by atoms with E-state index in [-0.39, 0.29) is 5.75 Å². The zero-order chi connectivity index (χ0) is 12.1. The molecule has 0 heterocycles. The minimum atomic E-state index is 0.268. The second-order valence-electron chi connectivity index (χ2n) is 4.13. The number of phenols is 1. The van der Waals surface area contributed by atoms with Gasteiger partial charge in [0.2, 0.25) is 0 Å². The summed E-state index contributed by atoms with van der Waals surface area (Å²) in [7, 11) is 0. The van der Waals surface area contributed by atoms with Crippen LogP contribution in [0.2, 0.25) is 0 Å². The van der Waals surface area contributed by atoms with E-state index in [4.69, 9.17) is 0 Å². The molecular formula is C13H18BrNO. The molecule has 3 heteroatoms. The van der Waals surface area contributed by atoms with Crippen LogP contribution in [0.4, 0.5) is 0 Å². The fourth-order valence-corrected chi connectivity index (χ4v) is 1.86. The maximum absolute atomic E-state index is 9.86. The van der Waals surface area contributed by atoms with Crippen molar-refractivity contribution in [3.8, 4) is 5.75 Å². The predicted molar refractivity (Wildman–Crippen MR) is 72.6 cm³/mol. The fourth-order valence-electron chi connectivity index (χ4n) is 1.37. The van der Waals surface area contributed by atoms with E-state index in [0.29, 0.717) is 5.92 Å². The largest absolute Gasteiger partial charge is 0.506 e. The molecule has 0 unspecified atom stereocenters. The molecule has 88 valence electrons. The van der Waals surface area contributed by atoms with E-state index in [1.54, 1.807) is 6.21 Å². The van der Waals surface area contributed by atoms with Gasteiger partial charge in [-0.3, -0.25) is 4.99 Å². The van der Waals surface area contributed by atoms with E-state index in [0.717, 1.165) is 23.0 Å². The van der Waals surface area contributed by atoms with Gasteiger partial charge in [-0.1, -0.05) is 20.8 Å². The summed E-state index contributed by atoms with van der Waals surface area (Å²) < 4.78 is 0.733. The third-order valence-electron chi connectivity index (χ3n) is 2.36. The van der Waals surface area contributed by atoms with Crippen molar-refractivity contribution in [3.63, 3.8) is 0 Å². The lowest BCUT2D eigenvalue weighted by Crippen LogP contribution is -1.92. The summed E-state index contributed by atoms with van der Waals surface area (Å²) in [5, 5.41) is 9.86. The average Bonchev–Trinajstić information content (AvgIpc) is 2.24. The molecule has 0 fully saturated rings. The highest BCUT2D eigenvalue weighted by atomic mass is 79.9. The number of rotatable bonds is 4. The van der Waals surface area contributed by atoms with E-state index < -0.39 is 0 Å². The van der Waals surface area contributed by atoms with Crippen molar-refractivity contribution in [2.24, 2.45) is 4.99 Å². The molecule has 0 aliphatic carbocycles. The second kappa shape index (κ2) is 6.04. The Balaban J connectivity index is 3.06. The second-order valence-corrected chi connectivity index (χ2v) is 4.98. The zero-order valence-corrected chi connectivity index (χ0v) is 11.6. The van der Waals surface area contributed by atoms with Gasteiger partial charge in [0.25, 0.3) is 0 Å². The molecule has 1 aromatic carbocycles. The first kappa shape index (κ1) is 13.2. The highest BCUT2D eigenvalue weighted by Gasteiger charge is 2.08. The van der Waals surface area contributed by atoms with Crippen LogP contribution in [0.3, 0.4) is 0 Å². The van der Waals surface area contributed by atoms with Gasteiger partial charge in [-0.25, -0.2) is 0 Å². The number of aliphatic imine (C=N–C) groups is 1. The summed E-state index contributed by atoms with van der Waals surface area (Å²) in [4.78, 5) is 4.26. The number of benzene rings is 1. The summed E-state index contributed by atoms with van der Waals surface area (Å²) in [6.07, 6.45) is 2.76. The van der Waals surface area contributed by atoms with Gasteiger partial charge in [-0.2, -0.15) is 0 Å². The smallest absolute Gasteiger partial charge is 0.138 e. The van der Waals surface area contributed by atoms with Gasteiger partial charge >= 0.3 is 0 Å². The molecular weight excluding hydrogens is 266 g/mol. The van der Waals surface area contributed by atoms with Crippen molar-refractivity contribution in [1.82, 2.24) is 0 Å². The van der Waals surface area contributed by atoms with Gasteiger partial charge in [-0.15, -0.1) is 0 Å². The van der Waals surface area contributed by atoms with Gasteiger partial charge in [-0.05, 0) is 46.0 Å². The molecule has 0 spiro atoms. The standard InChI is InChI=1S/C13H18BrNO/c1-4-5-15-8-11-6-10(9(2)3)7-12(14)13(11)16/h6-9,16H,4-5H2,1-3H3. The molecule has 0 bridgehead atoms. The molecule has 0 saturated carbocycles. The van der Waals surface area contributed by atoms with E-state index in [2.05, 4.69) is 41.7 Å². The van der Waals surface area contributed by atoms with Crippen LogP contribution >= 0.6 is 15.9 Å². The van der Waals surface area contributed by atoms with Crippen molar-refractivity contribution < 1.29 is 5.11 Å². The molecule has 1 rings (SSSR count). The Morgan fingerprint density at radius 2 is 2.12 bits per heavy atom. The Morgan fingerprint density at radius 3 is 2.69 bits per heavy atom. The molecule has 0 radical (unpaired) electrons. The maximum Gasteiger partial charge on any atom is 0.138 e. The molecule has 0 amide bonds. The highest BCUT2D eigenvalue weighted by molar-refractivity contribution is 9.10. The number of hydrogen-bond acceptors (Lipinski definition) is 2. The van der Waals surface area contributed by atoms with Crippen molar-refractivity contribution in [1.29, 1.82) is 0 Å². The Kier molecular flexibility index (Phi) is 5.00. The van der Waals surface area contributed by atoms with E-state index in [1.807, 2.05) is 12.1 Å². The van der Waals surface area contributed by atoms with Crippen LogP contribution < -0.4 is 0 Å². The average molecular weight is 284 g/mol. The normalized spacial score (nSPS) is 11.6. The van der Waals surface area contributed by atoms with E-state index in [9.17, 15) is 5.11 Å². The van der Waals surface area contributed by atoms with Crippen molar-refractivity contribution in [2.75, 3.05) is 6.54 Å². The molecule has 0 aliphatic rings. The lowest BCUT2D eigenvalue weighted by Gasteiger charge is -2.09. The van der Waals surface area contributed by atoms with Crippen LogP contribution in [0.1, 0.15) is 44.2 Å². The number of phenolic OH excluding ortho intramolecular Hbond substituents is 1. The predicted octanol–water partition coefficient (Wildman–Crippen LogP) is 4.11. The monoisotopic (exact) mass is 283 g/mol. The molecule has 0 aliphatic heterocycles. The highest BCUT2D eigenvalue weighted by Crippen LogP contribution is 2.31. The molecule has 0 atom stereocenters. The minimum Gasteiger partial charge on any atom is -0.506 e. The SMILES string of the molecule is CCCN=Cc1cc(C(C)C)cc(Br)c1O. The zero-order valence-electron chi connectivity index (χ0n) is 10.00. The lowest BCUT2D eigenvalue weighted by atomic mass is 10.0. The lowest BCUT2D eigenvalue weighted by molar-refractivity contribution is 0.470. The van der Waals surface area contributed by atoms with Crippen LogP contribution in [-0.2, 0) is 0 Å². The van der Waals surface area contributed by atoms with Crippen molar-refractivity contribution in [2.45, 2.75) is 33.1 Å². The van der Waals surface area contributed by atoms with Gasteiger partial charge in [0, 0.05) is 18.3 Å². The van der Waals surface area contributed by atoms with Gasteiger partial charge in [0.1, 0.15) is 5.75 Å². The summed E-state index contributed by atoms with van der Waals surface area (Å²) in [6, 6.07) is 3.95. The van der Waals surface area contributed by atoms with Crippen LogP contribution in [0, 0.1) is 0 Å². The minimum absolute atomic E-state index is 0.268. The van der Waals surface area contributed by atoms with E-state index in [1.165, 1.54) is 5.56 Å². The van der Waals surface area contributed by atoms with E-state index >= 15 is 0 Å². The van der Waals surface area contributed by atoms with Crippen molar-refractivity contribution >= 4 is 22.1 Å². The van der Waals surface area contributed by atoms with Crippen LogP contribution in [-0.4, -0.2) is 17.9 Å². The Morgan fingerprint density at radius 1 is 1.44 bits per heavy atom. The quantitative estimate of drug-likeness (QED) is 0.829. The van der Waals surface area contributed by atoms with Gasteiger partial charge in [0.05, 0.1) is 4.47 Å². The van der Waals surface area contributed by atoms with Crippen LogP contribution in [0.5, 0.6) is 5.75 Å². The number of halogens is 1. The fraction of sp³-hybridized carbons (Fsp3) is 0.462. The number of hydrogen-bond donors (Lipinski definition) is 1. The maximum atomic E-state index is 9.86. The van der Waals surface area contributed by atoms with Crippen LogP contribution in [0.15, 0.2) is 21.6 Å². The molecule has 0 aromatic heterocycles. The summed E-state index contributed by atoms with van der Waals surface area (Å²) in [5.74, 6) is 0.708. The molecule has 1 aromatic rings. The Labute approximate surface area is 106 Å². The Hall–Kier alpha value is -0.830. The third kappa shape index (κ3) is 3.34. The number of aromatic hydroxyl groups is 1. The molecule has 0 saturated heterocycles. The molecule has 16 heavy (non-hydrogen) atoms. The third-order valence-corrected chi connectivity index (χ3v) is 2.97. The van der Waals surface area contributed by atoms with Crippen LogP contribution in [0.25, 0.3) is 0 Å². The summed E-state index contributed by atoms with van der Waals surface area (Å²) in [6.45, 7) is 7.14. The molecule has 2 nitrogen and oxygen atoms in total. The number of nitrogens with zero attached hydrogens (tertiary/aromatic N) is 1. The first-order valence-electron chi connectivity index (χ1n) is 5.58. The first-order valence-corrected chi connectivity index (χ1v) is 6.37. The summed E-state index contributed by atoms with van der Waals surface area (Å²) in [5.41, 5.74) is 1.98. The topological polar surface area (TPSA) is 32.6 Å². The van der Waals surface area contributed by atoms with Gasteiger partial charge < -0.3 is 5.11 Å².